The van der Waals surface area contributed by atoms with Crippen LogP contribution in [0.2, 0.25) is 0 Å². The van der Waals surface area contributed by atoms with Gasteiger partial charge in [-0.05, 0) is 67.4 Å². The first-order valence-corrected chi connectivity index (χ1v) is 12.7. The Bertz CT molecular complexity index is 1180. The van der Waals surface area contributed by atoms with E-state index in [1.54, 1.807) is 17.8 Å². The van der Waals surface area contributed by atoms with Crippen molar-refractivity contribution in [3.8, 4) is 5.75 Å². The molecule has 7 nitrogen and oxygen atoms in total. The lowest BCUT2D eigenvalue weighted by Crippen LogP contribution is -2.35. The molecule has 3 heterocycles. The molecule has 0 spiro atoms. The average Bonchev–Trinajstić information content (AvgIpc) is 3.42. The number of hydrogen-bond acceptors (Lipinski definition) is 7. The largest absolute Gasteiger partial charge is 0.487 e. The number of nitrogens with zero attached hydrogens (tertiary/aromatic N) is 3. The van der Waals surface area contributed by atoms with Gasteiger partial charge in [0.25, 0.3) is 5.91 Å². The van der Waals surface area contributed by atoms with Crippen molar-refractivity contribution in [2.75, 3.05) is 6.61 Å². The molecule has 0 atom stereocenters. The maximum absolute atomic E-state index is 12.6. The molecule has 0 saturated heterocycles. The van der Waals surface area contributed by atoms with E-state index in [2.05, 4.69) is 10.1 Å². The van der Waals surface area contributed by atoms with E-state index in [-0.39, 0.29) is 18.0 Å². The summed E-state index contributed by atoms with van der Waals surface area (Å²) < 4.78 is 11.7. The Morgan fingerprint density at radius 3 is 2.94 bits per heavy atom. The van der Waals surface area contributed by atoms with Gasteiger partial charge >= 0.3 is 0 Å². The second-order valence-electron chi connectivity index (χ2n) is 8.15. The van der Waals surface area contributed by atoms with Gasteiger partial charge in [0.15, 0.2) is 10.9 Å². The van der Waals surface area contributed by atoms with Gasteiger partial charge in [-0.3, -0.25) is 10.2 Å². The number of nitrogens with one attached hydrogen (secondary N) is 1. The predicted octanol–water partition coefficient (Wildman–Crippen LogP) is 5.71. The first-order chi connectivity index (χ1) is 16.0. The number of hydrogen-bond donors (Lipinski definition) is 1. The Morgan fingerprint density at radius 2 is 2.12 bits per heavy atom. The first kappa shape index (κ1) is 22.0. The number of fused-ring (bicyclic) bond motifs is 1. The molecule has 0 unspecified atom stereocenters. The highest BCUT2D eigenvalue weighted by Gasteiger charge is 2.36. The Labute approximate surface area is 200 Å². The van der Waals surface area contributed by atoms with Crippen LogP contribution < -0.4 is 4.74 Å². The molecule has 5 rings (SSSR count). The van der Waals surface area contributed by atoms with E-state index in [1.165, 1.54) is 48.9 Å². The summed E-state index contributed by atoms with van der Waals surface area (Å²) in [6.07, 6.45) is 7.86. The van der Waals surface area contributed by atoms with Gasteiger partial charge in [0.05, 0.1) is 5.57 Å². The van der Waals surface area contributed by atoms with Crippen molar-refractivity contribution in [1.82, 2.24) is 5.01 Å². The third-order valence-electron chi connectivity index (χ3n) is 5.57. The van der Waals surface area contributed by atoms with Gasteiger partial charge in [-0.25, -0.2) is 0 Å². The average molecular weight is 481 g/mol. The van der Waals surface area contributed by atoms with E-state index in [0.717, 1.165) is 16.4 Å². The fourth-order valence-corrected chi connectivity index (χ4v) is 5.89. The van der Waals surface area contributed by atoms with E-state index >= 15 is 0 Å². The Morgan fingerprint density at radius 1 is 1.27 bits per heavy atom. The Balaban J connectivity index is 1.27. The summed E-state index contributed by atoms with van der Waals surface area (Å²) in [5.41, 5.74) is 1.27. The standard InChI is InChI=1S/C24H24N4O3S2/c1-15-6-5-7-16(12-15)30-14-20-27-28-22(25)19(23(29)26-24(28)33-20)13-17-10-11-21(31-17)32-18-8-3-2-4-9-18/h5-7,10-13,18,25H,2-4,8-9,14H2,1H3/b19-13-,25-22?. The van der Waals surface area contributed by atoms with Crippen LogP contribution in [0, 0.1) is 12.3 Å². The van der Waals surface area contributed by atoms with E-state index < -0.39 is 5.91 Å². The molecule has 1 aromatic heterocycles. The smallest absolute Gasteiger partial charge is 0.283 e. The lowest BCUT2D eigenvalue weighted by atomic mass is 10.0. The highest BCUT2D eigenvalue weighted by Crippen LogP contribution is 2.35. The van der Waals surface area contributed by atoms with Crippen LogP contribution >= 0.6 is 23.5 Å². The van der Waals surface area contributed by atoms with E-state index in [9.17, 15) is 4.79 Å². The van der Waals surface area contributed by atoms with Gasteiger partial charge in [-0.1, -0.05) is 43.2 Å². The molecule has 1 aromatic carbocycles. The molecule has 1 saturated carbocycles. The number of benzene rings is 1. The summed E-state index contributed by atoms with van der Waals surface area (Å²) in [4.78, 5) is 16.8. The molecular formula is C24H24N4O3S2. The number of aryl methyl sites for hydroxylation is 1. The minimum Gasteiger partial charge on any atom is -0.487 e. The van der Waals surface area contributed by atoms with Gasteiger partial charge in [0.2, 0.25) is 5.17 Å². The number of aliphatic imine (C=N–C) groups is 1. The number of rotatable bonds is 6. The summed E-state index contributed by atoms with van der Waals surface area (Å²) in [5, 5.41) is 16.8. The summed E-state index contributed by atoms with van der Waals surface area (Å²) in [7, 11) is 0. The van der Waals surface area contributed by atoms with Crippen molar-refractivity contribution in [2.45, 2.75) is 49.4 Å². The van der Waals surface area contributed by atoms with Crippen molar-refractivity contribution in [3.63, 3.8) is 0 Å². The zero-order chi connectivity index (χ0) is 22.8. The van der Waals surface area contributed by atoms with Crippen LogP contribution in [0.5, 0.6) is 5.75 Å². The van der Waals surface area contributed by atoms with Crippen molar-refractivity contribution in [3.05, 3.63) is 53.3 Å². The molecule has 1 amide bonds. The minimum absolute atomic E-state index is 0.0130. The maximum Gasteiger partial charge on any atom is 0.283 e. The fraction of sp³-hybridized carbons (Fsp3) is 0.333. The lowest BCUT2D eigenvalue weighted by molar-refractivity contribution is -0.114. The number of carbonyl (C=O) groups excluding carboxylic acids is 1. The topological polar surface area (TPSA) is 91.2 Å². The summed E-state index contributed by atoms with van der Waals surface area (Å²) in [6.45, 7) is 2.24. The first-order valence-electron chi connectivity index (χ1n) is 11.0. The molecule has 0 bridgehead atoms. The van der Waals surface area contributed by atoms with E-state index in [4.69, 9.17) is 14.6 Å². The molecule has 1 N–H and O–H groups in total. The van der Waals surface area contributed by atoms with Crippen LogP contribution in [0.25, 0.3) is 6.08 Å². The van der Waals surface area contributed by atoms with Crippen LogP contribution in [0.1, 0.15) is 43.4 Å². The molecule has 1 fully saturated rings. The van der Waals surface area contributed by atoms with E-state index in [1.807, 2.05) is 43.3 Å². The second kappa shape index (κ2) is 9.61. The predicted molar refractivity (Wildman–Crippen MR) is 133 cm³/mol. The molecule has 1 aliphatic carbocycles. The van der Waals surface area contributed by atoms with Crippen LogP contribution in [-0.4, -0.2) is 38.8 Å². The highest BCUT2D eigenvalue weighted by atomic mass is 32.2. The molecule has 2 aromatic rings. The summed E-state index contributed by atoms with van der Waals surface area (Å²) in [6, 6.07) is 11.5. The lowest BCUT2D eigenvalue weighted by Gasteiger charge is -2.20. The number of ether oxygens (including phenoxy) is 1. The van der Waals surface area contributed by atoms with Crippen molar-refractivity contribution >= 4 is 51.6 Å². The van der Waals surface area contributed by atoms with Gasteiger partial charge in [-0.15, -0.1) is 0 Å². The quantitative estimate of drug-likeness (QED) is 0.533. The van der Waals surface area contributed by atoms with Crippen LogP contribution in [0.3, 0.4) is 0 Å². The van der Waals surface area contributed by atoms with Gasteiger partial charge in [0.1, 0.15) is 23.2 Å². The molecule has 33 heavy (non-hydrogen) atoms. The van der Waals surface area contributed by atoms with E-state index in [0.29, 0.717) is 21.2 Å². The monoisotopic (exact) mass is 480 g/mol. The maximum atomic E-state index is 12.6. The molecular weight excluding hydrogens is 456 g/mol. The second-order valence-corrected chi connectivity index (χ2v) is 10.5. The van der Waals surface area contributed by atoms with Crippen molar-refractivity contribution in [1.29, 1.82) is 5.41 Å². The zero-order valence-corrected chi connectivity index (χ0v) is 19.9. The minimum atomic E-state index is -0.465. The molecule has 2 aliphatic heterocycles. The van der Waals surface area contributed by atoms with Gasteiger partial charge in [0, 0.05) is 5.25 Å². The van der Waals surface area contributed by atoms with Crippen molar-refractivity contribution in [2.24, 2.45) is 10.1 Å². The third kappa shape index (κ3) is 5.09. The number of furan rings is 1. The highest BCUT2D eigenvalue weighted by molar-refractivity contribution is 8.27. The third-order valence-corrected chi connectivity index (χ3v) is 7.71. The van der Waals surface area contributed by atoms with Gasteiger partial charge in [-0.2, -0.15) is 15.1 Å². The molecule has 9 heteroatoms. The molecule has 170 valence electrons. The van der Waals surface area contributed by atoms with Crippen LogP contribution in [0.4, 0.5) is 0 Å². The van der Waals surface area contributed by atoms with Crippen LogP contribution in [0.15, 0.2) is 61.6 Å². The molecule has 3 aliphatic rings. The number of hydrazone groups is 1. The van der Waals surface area contributed by atoms with Crippen LogP contribution in [-0.2, 0) is 4.79 Å². The molecule has 0 radical (unpaired) electrons. The Hall–Kier alpha value is -2.78. The normalized spacial score (nSPS) is 20.2. The Kier molecular flexibility index (Phi) is 6.41. The fourth-order valence-electron chi connectivity index (χ4n) is 3.91. The van der Waals surface area contributed by atoms with Crippen molar-refractivity contribution < 1.29 is 13.9 Å². The zero-order valence-electron chi connectivity index (χ0n) is 18.2. The summed E-state index contributed by atoms with van der Waals surface area (Å²) >= 11 is 3.00. The number of amides is 1. The van der Waals surface area contributed by atoms with Gasteiger partial charge < -0.3 is 9.15 Å². The SMILES string of the molecule is Cc1cccc(OCC2=NN3C(=N)/C(=C/c4ccc(SC5CCCCC5)o4)C(=O)N=C3S2)c1. The number of thioether (sulfide) groups is 2. The number of amidine groups is 2. The summed E-state index contributed by atoms with van der Waals surface area (Å²) in [5.74, 6) is 0.809. The number of carbonyl (C=O) groups is 1.